The van der Waals surface area contributed by atoms with Gasteiger partial charge in [-0.2, -0.15) is 0 Å². The lowest BCUT2D eigenvalue weighted by atomic mass is 9.85. The third kappa shape index (κ3) is 2.20. The molecule has 1 aromatic carbocycles. The van der Waals surface area contributed by atoms with E-state index in [-0.39, 0.29) is 11.8 Å². The molecule has 0 aliphatic carbocycles. The minimum Gasteiger partial charge on any atom is -0.481 e. The Morgan fingerprint density at radius 3 is 2.71 bits per heavy atom. The summed E-state index contributed by atoms with van der Waals surface area (Å²) in [7, 11) is 1.99. The molecule has 0 bridgehead atoms. The van der Waals surface area contributed by atoms with Crippen molar-refractivity contribution in [1.29, 1.82) is 0 Å². The molecule has 1 aliphatic rings. The maximum atomic E-state index is 11.3. The Bertz CT molecular complexity index is 442. The van der Waals surface area contributed by atoms with Crippen molar-refractivity contribution in [1.82, 2.24) is 4.90 Å². The maximum Gasteiger partial charge on any atom is 0.308 e. The molecule has 0 saturated carbocycles. The Kier molecular flexibility index (Phi) is 3.20. The van der Waals surface area contributed by atoms with E-state index in [1.807, 2.05) is 13.1 Å². The van der Waals surface area contributed by atoms with E-state index in [9.17, 15) is 9.90 Å². The number of nitrogens with zero attached hydrogens (tertiary/aromatic N) is 1. The molecule has 0 spiro atoms. The molecule has 3 heteroatoms. The number of carboxylic acids is 1. The number of aryl methyl sites for hydroxylation is 1. The Balaban J connectivity index is 2.38. The zero-order valence-corrected chi connectivity index (χ0v) is 10.6. The Labute approximate surface area is 102 Å². The van der Waals surface area contributed by atoms with Gasteiger partial charge in [-0.1, -0.05) is 18.2 Å². The molecule has 1 aliphatic heterocycles. The second kappa shape index (κ2) is 4.49. The average molecular weight is 233 g/mol. The smallest absolute Gasteiger partial charge is 0.308 e. The molecule has 92 valence electrons. The molecule has 0 amide bonds. The standard InChI is InChI=1S/C14H19NO2/c1-9-5-4-6-11(10(9)2)12-7-15(3)8-13(12)14(16)17/h4-6,12-13H,7-8H2,1-3H3,(H,16,17). The van der Waals surface area contributed by atoms with Gasteiger partial charge in [0.15, 0.2) is 0 Å². The zero-order chi connectivity index (χ0) is 12.6. The lowest BCUT2D eigenvalue weighted by Crippen LogP contribution is -2.21. The predicted octanol–water partition coefficient (Wildman–Crippen LogP) is 2.03. The normalized spacial score (nSPS) is 25.1. The van der Waals surface area contributed by atoms with E-state index < -0.39 is 5.97 Å². The van der Waals surface area contributed by atoms with Crippen LogP contribution in [0.5, 0.6) is 0 Å². The number of carbonyl (C=O) groups is 1. The molecule has 2 rings (SSSR count). The van der Waals surface area contributed by atoms with Gasteiger partial charge in [0.2, 0.25) is 0 Å². The minimum absolute atomic E-state index is 0.123. The summed E-state index contributed by atoms with van der Waals surface area (Å²) in [6.45, 7) is 5.64. The van der Waals surface area contributed by atoms with Crippen LogP contribution in [-0.4, -0.2) is 36.1 Å². The number of hydrogen-bond acceptors (Lipinski definition) is 2. The van der Waals surface area contributed by atoms with Crippen LogP contribution in [0.3, 0.4) is 0 Å². The van der Waals surface area contributed by atoms with E-state index in [4.69, 9.17) is 0 Å². The van der Waals surface area contributed by atoms with Crippen LogP contribution in [0.25, 0.3) is 0 Å². The lowest BCUT2D eigenvalue weighted by molar-refractivity contribution is -0.141. The quantitative estimate of drug-likeness (QED) is 0.849. The van der Waals surface area contributed by atoms with Gasteiger partial charge in [-0.15, -0.1) is 0 Å². The second-order valence-corrected chi connectivity index (χ2v) is 5.06. The van der Waals surface area contributed by atoms with Crippen LogP contribution in [0.15, 0.2) is 18.2 Å². The zero-order valence-electron chi connectivity index (χ0n) is 10.6. The molecular weight excluding hydrogens is 214 g/mol. The van der Waals surface area contributed by atoms with Gasteiger partial charge >= 0.3 is 5.97 Å². The van der Waals surface area contributed by atoms with Crippen molar-refractivity contribution in [3.63, 3.8) is 0 Å². The molecule has 1 heterocycles. The maximum absolute atomic E-state index is 11.3. The third-order valence-corrected chi connectivity index (χ3v) is 3.87. The van der Waals surface area contributed by atoms with E-state index >= 15 is 0 Å². The first-order valence-corrected chi connectivity index (χ1v) is 5.98. The molecule has 1 saturated heterocycles. The van der Waals surface area contributed by atoms with Crippen LogP contribution in [-0.2, 0) is 4.79 Å². The van der Waals surface area contributed by atoms with Crippen molar-refractivity contribution in [3.05, 3.63) is 34.9 Å². The first kappa shape index (κ1) is 12.1. The van der Waals surface area contributed by atoms with Gasteiger partial charge in [-0.05, 0) is 37.6 Å². The number of likely N-dealkylation sites (tertiary alicyclic amines) is 1. The number of carboxylic acid groups (broad SMARTS) is 1. The molecular formula is C14H19NO2. The number of likely N-dealkylation sites (N-methyl/N-ethyl adjacent to an activating group) is 1. The molecule has 17 heavy (non-hydrogen) atoms. The SMILES string of the molecule is Cc1cccc(C2CN(C)CC2C(=O)O)c1C. The second-order valence-electron chi connectivity index (χ2n) is 5.06. The van der Waals surface area contributed by atoms with Gasteiger partial charge in [0.1, 0.15) is 0 Å². The van der Waals surface area contributed by atoms with Gasteiger partial charge in [0, 0.05) is 19.0 Å². The number of rotatable bonds is 2. The van der Waals surface area contributed by atoms with Crippen LogP contribution in [0.4, 0.5) is 0 Å². The largest absolute Gasteiger partial charge is 0.481 e. The highest BCUT2D eigenvalue weighted by molar-refractivity contribution is 5.72. The highest BCUT2D eigenvalue weighted by atomic mass is 16.4. The van der Waals surface area contributed by atoms with E-state index in [1.165, 1.54) is 16.7 Å². The summed E-state index contributed by atoms with van der Waals surface area (Å²) in [6.07, 6.45) is 0. The molecule has 2 unspecified atom stereocenters. The molecule has 2 atom stereocenters. The van der Waals surface area contributed by atoms with E-state index in [0.717, 1.165) is 6.54 Å². The first-order chi connectivity index (χ1) is 8.00. The average Bonchev–Trinajstić information content (AvgIpc) is 2.64. The van der Waals surface area contributed by atoms with Crippen LogP contribution >= 0.6 is 0 Å². The number of benzene rings is 1. The van der Waals surface area contributed by atoms with Crippen molar-refractivity contribution in [3.8, 4) is 0 Å². The molecule has 0 aromatic heterocycles. The van der Waals surface area contributed by atoms with Gasteiger partial charge in [-0.25, -0.2) is 0 Å². The van der Waals surface area contributed by atoms with Crippen LogP contribution in [0, 0.1) is 19.8 Å². The highest BCUT2D eigenvalue weighted by Gasteiger charge is 2.37. The minimum atomic E-state index is -0.680. The fraction of sp³-hybridized carbons (Fsp3) is 0.500. The van der Waals surface area contributed by atoms with Crippen molar-refractivity contribution < 1.29 is 9.90 Å². The summed E-state index contributed by atoms with van der Waals surface area (Å²) in [4.78, 5) is 13.4. The van der Waals surface area contributed by atoms with E-state index in [2.05, 4.69) is 30.9 Å². The highest BCUT2D eigenvalue weighted by Crippen LogP contribution is 2.34. The summed E-state index contributed by atoms with van der Waals surface area (Å²) in [5.74, 6) is -0.835. The number of aliphatic carboxylic acids is 1. The molecule has 1 N–H and O–H groups in total. The summed E-state index contributed by atoms with van der Waals surface area (Å²) < 4.78 is 0. The summed E-state index contributed by atoms with van der Waals surface area (Å²) in [5, 5.41) is 9.30. The van der Waals surface area contributed by atoms with Gasteiger partial charge in [-0.3, -0.25) is 4.79 Å². The lowest BCUT2D eigenvalue weighted by Gasteiger charge is -2.18. The van der Waals surface area contributed by atoms with E-state index in [1.54, 1.807) is 0 Å². The third-order valence-electron chi connectivity index (χ3n) is 3.87. The van der Waals surface area contributed by atoms with Gasteiger partial charge in [0.05, 0.1) is 5.92 Å². The van der Waals surface area contributed by atoms with Crippen LogP contribution < -0.4 is 0 Å². The van der Waals surface area contributed by atoms with Gasteiger partial charge < -0.3 is 10.0 Å². The Morgan fingerprint density at radius 2 is 2.06 bits per heavy atom. The van der Waals surface area contributed by atoms with Crippen molar-refractivity contribution >= 4 is 5.97 Å². The fourth-order valence-electron chi connectivity index (χ4n) is 2.74. The summed E-state index contributed by atoms with van der Waals surface area (Å²) in [5.41, 5.74) is 3.67. The van der Waals surface area contributed by atoms with Crippen molar-refractivity contribution in [2.75, 3.05) is 20.1 Å². The fourth-order valence-corrected chi connectivity index (χ4v) is 2.74. The topological polar surface area (TPSA) is 40.5 Å². The first-order valence-electron chi connectivity index (χ1n) is 5.98. The predicted molar refractivity (Wildman–Crippen MR) is 67.3 cm³/mol. The molecule has 3 nitrogen and oxygen atoms in total. The molecule has 0 radical (unpaired) electrons. The van der Waals surface area contributed by atoms with E-state index in [0.29, 0.717) is 6.54 Å². The summed E-state index contributed by atoms with van der Waals surface area (Å²) >= 11 is 0. The number of hydrogen-bond donors (Lipinski definition) is 1. The molecule has 1 fully saturated rings. The Hall–Kier alpha value is -1.35. The van der Waals surface area contributed by atoms with Crippen molar-refractivity contribution in [2.24, 2.45) is 5.92 Å². The van der Waals surface area contributed by atoms with Crippen LogP contribution in [0.2, 0.25) is 0 Å². The van der Waals surface area contributed by atoms with Gasteiger partial charge in [0.25, 0.3) is 0 Å². The monoisotopic (exact) mass is 233 g/mol. The Morgan fingerprint density at radius 1 is 1.35 bits per heavy atom. The van der Waals surface area contributed by atoms with Crippen molar-refractivity contribution in [2.45, 2.75) is 19.8 Å². The van der Waals surface area contributed by atoms with Crippen LogP contribution in [0.1, 0.15) is 22.6 Å². The summed E-state index contributed by atoms with van der Waals surface area (Å²) in [6, 6.07) is 6.17. The molecule has 1 aromatic rings.